The monoisotopic (exact) mass is 397 g/mol. The van der Waals surface area contributed by atoms with Gasteiger partial charge in [0.2, 0.25) is 0 Å². The first-order valence-electron chi connectivity index (χ1n) is 7.55. The van der Waals surface area contributed by atoms with Crippen molar-refractivity contribution in [1.29, 1.82) is 0 Å². The Hall–Kier alpha value is -2.73. The van der Waals surface area contributed by atoms with Crippen LogP contribution >= 0.6 is 15.9 Å². The third-order valence-electron chi connectivity index (χ3n) is 4.57. The Morgan fingerprint density at radius 1 is 1.04 bits per heavy atom. The summed E-state index contributed by atoms with van der Waals surface area (Å²) >= 11 is 3.44. The van der Waals surface area contributed by atoms with Crippen LogP contribution in [-0.2, 0) is 11.8 Å². The van der Waals surface area contributed by atoms with Crippen molar-refractivity contribution in [2.45, 2.75) is 0 Å². The molecule has 4 rings (SSSR count). The van der Waals surface area contributed by atoms with E-state index in [1.165, 1.54) is 11.7 Å². The van der Waals surface area contributed by atoms with Crippen LogP contribution in [0.4, 0.5) is 0 Å². The molecule has 0 unspecified atom stereocenters. The van der Waals surface area contributed by atoms with Gasteiger partial charge < -0.3 is 9.30 Å². The van der Waals surface area contributed by atoms with E-state index in [2.05, 4.69) is 15.9 Å². The number of benzene rings is 2. The average Bonchev–Trinajstić information content (AvgIpc) is 2.62. The molecule has 1 aliphatic rings. The molecular weight excluding hydrogens is 386 g/mol. The number of carbonyl (C=O) groups is 2. The van der Waals surface area contributed by atoms with Gasteiger partial charge in [0, 0.05) is 33.6 Å². The summed E-state index contributed by atoms with van der Waals surface area (Å²) in [5, 5.41) is 0.584. The summed E-state index contributed by atoms with van der Waals surface area (Å²) in [6.07, 6.45) is 0. The van der Waals surface area contributed by atoms with Crippen molar-refractivity contribution in [3.8, 4) is 11.1 Å². The molecule has 25 heavy (non-hydrogen) atoms. The van der Waals surface area contributed by atoms with Gasteiger partial charge in [-0.05, 0) is 17.7 Å². The number of fused-ring (bicyclic) bond motifs is 2. The van der Waals surface area contributed by atoms with Gasteiger partial charge in [0.05, 0.1) is 12.6 Å². The van der Waals surface area contributed by atoms with Gasteiger partial charge in [-0.2, -0.15) is 0 Å². The Balaban J connectivity index is 2.38. The lowest BCUT2D eigenvalue weighted by Crippen LogP contribution is -2.29. The molecule has 5 nitrogen and oxygen atoms in total. The molecule has 1 aliphatic carbocycles. The molecule has 0 bridgehead atoms. The van der Waals surface area contributed by atoms with Gasteiger partial charge in [0.1, 0.15) is 5.56 Å². The molecular formula is C19H12BrNO4. The molecule has 0 aliphatic heterocycles. The third kappa shape index (κ3) is 1.97. The summed E-state index contributed by atoms with van der Waals surface area (Å²) in [6.45, 7) is 0. The van der Waals surface area contributed by atoms with Gasteiger partial charge >= 0.3 is 5.97 Å². The van der Waals surface area contributed by atoms with E-state index in [9.17, 15) is 14.4 Å². The summed E-state index contributed by atoms with van der Waals surface area (Å²) in [4.78, 5) is 38.3. The van der Waals surface area contributed by atoms with Gasteiger partial charge in [0.25, 0.3) is 5.56 Å². The lowest BCUT2D eigenvalue weighted by atomic mass is 9.82. The van der Waals surface area contributed by atoms with Crippen molar-refractivity contribution >= 4 is 38.6 Å². The maximum absolute atomic E-state index is 13.0. The molecule has 0 radical (unpaired) electrons. The first kappa shape index (κ1) is 15.8. The maximum atomic E-state index is 13.0. The maximum Gasteiger partial charge on any atom is 0.344 e. The Bertz CT molecular complexity index is 1160. The second-order valence-corrected chi connectivity index (χ2v) is 6.65. The van der Waals surface area contributed by atoms with Crippen LogP contribution in [0.25, 0.3) is 22.0 Å². The summed E-state index contributed by atoms with van der Waals surface area (Å²) in [7, 11) is 2.82. The number of hydrogen-bond acceptors (Lipinski definition) is 4. The molecule has 0 saturated heterocycles. The fourth-order valence-electron chi connectivity index (χ4n) is 3.42. The van der Waals surface area contributed by atoms with E-state index in [-0.39, 0.29) is 11.3 Å². The number of hydrogen-bond donors (Lipinski definition) is 0. The quantitative estimate of drug-likeness (QED) is 0.462. The average molecular weight is 398 g/mol. The number of carbonyl (C=O) groups excluding carboxylic acids is 2. The van der Waals surface area contributed by atoms with Crippen LogP contribution in [0.5, 0.6) is 0 Å². The Morgan fingerprint density at radius 2 is 1.72 bits per heavy atom. The number of halogens is 1. The van der Waals surface area contributed by atoms with Crippen molar-refractivity contribution in [3.05, 3.63) is 67.9 Å². The molecule has 0 amide bonds. The fraction of sp³-hybridized carbons (Fsp3) is 0.105. The number of ketones is 1. The molecule has 0 spiro atoms. The molecule has 0 N–H and O–H groups in total. The Morgan fingerprint density at radius 3 is 2.40 bits per heavy atom. The number of ether oxygens (including phenoxy) is 1. The predicted molar refractivity (Wildman–Crippen MR) is 97.1 cm³/mol. The summed E-state index contributed by atoms with van der Waals surface area (Å²) in [5.74, 6) is -0.859. The van der Waals surface area contributed by atoms with E-state index in [0.717, 1.165) is 0 Å². The lowest BCUT2D eigenvalue weighted by Gasteiger charge is -2.23. The van der Waals surface area contributed by atoms with Crippen molar-refractivity contribution in [3.63, 3.8) is 0 Å². The molecule has 6 heteroatoms. The molecule has 124 valence electrons. The smallest absolute Gasteiger partial charge is 0.344 e. The fourth-order valence-corrected chi connectivity index (χ4v) is 3.93. The number of rotatable bonds is 1. The minimum Gasteiger partial charge on any atom is -0.465 e. The van der Waals surface area contributed by atoms with Crippen LogP contribution < -0.4 is 5.56 Å². The van der Waals surface area contributed by atoms with E-state index in [4.69, 9.17) is 4.74 Å². The van der Waals surface area contributed by atoms with E-state index in [1.54, 1.807) is 43.4 Å². The Labute approximate surface area is 151 Å². The first-order chi connectivity index (χ1) is 12.0. The SMILES string of the molecule is COC(=O)c1c2c3c(c(Br)ccc3n(C)c1=O)C(=O)c1ccccc1-2. The zero-order chi connectivity index (χ0) is 17.9. The second kappa shape index (κ2) is 5.39. The van der Waals surface area contributed by atoms with Crippen molar-refractivity contribution in [2.24, 2.45) is 7.05 Å². The van der Waals surface area contributed by atoms with E-state index in [0.29, 0.717) is 37.6 Å². The zero-order valence-corrected chi connectivity index (χ0v) is 15.0. The van der Waals surface area contributed by atoms with Crippen LogP contribution in [0, 0.1) is 0 Å². The highest BCUT2D eigenvalue weighted by molar-refractivity contribution is 9.10. The summed E-state index contributed by atoms with van der Waals surface area (Å²) in [6, 6.07) is 10.5. The Kier molecular flexibility index (Phi) is 3.40. The minimum absolute atomic E-state index is 0.0585. The largest absolute Gasteiger partial charge is 0.465 e. The van der Waals surface area contributed by atoms with Crippen LogP contribution in [0.2, 0.25) is 0 Å². The number of pyridine rings is 1. The van der Waals surface area contributed by atoms with Crippen LogP contribution in [-0.4, -0.2) is 23.4 Å². The van der Waals surface area contributed by atoms with Crippen LogP contribution in [0.15, 0.2) is 45.7 Å². The third-order valence-corrected chi connectivity index (χ3v) is 5.23. The molecule has 0 saturated carbocycles. The summed E-state index contributed by atoms with van der Waals surface area (Å²) in [5.41, 5.74) is 2.02. The van der Waals surface area contributed by atoms with E-state index < -0.39 is 11.5 Å². The lowest BCUT2D eigenvalue weighted by molar-refractivity contribution is 0.0599. The molecule has 0 fully saturated rings. The van der Waals surface area contributed by atoms with Crippen molar-refractivity contribution in [2.75, 3.05) is 7.11 Å². The number of methoxy groups -OCH3 is 1. The van der Waals surface area contributed by atoms with Crippen LogP contribution in [0.3, 0.4) is 0 Å². The number of esters is 1. The number of nitrogens with zero attached hydrogens (tertiary/aromatic N) is 1. The van der Waals surface area contributed by atoms with Gasteiger partial charge in [0.15, 0.2) is 5.78 Å². The predicted octanol–water partition coefficient (Wildman–Crippen LogP) is 3.30. The number of aromatic nitrogens is 1. The summed E-state index contributed by atoms with van der Waals surface area (Å²) < 4.78 is 6.85. The molecule has 2 aromatic carbocycles. The molecule has 1 aromatic heterocycles. The zero-order valence-electron chi connectivity index (χ0n) is 13.4. The van der Waals surface area contributed by atoms with Gasteiger partial charge in [-0.25, -0.2) is 4.79 Å². The van der Waals surface area contributed by atoms with E-state index >= 15 is 0 Å². The van der Waals surface area contributed by atoms with Crippen molar-refractivity contribution in [1.82, 2.24) is 4.57 Å². The normalized spacial score (nSPS) is 12.2. The van der Waals surface area contributed by atoms with Crippen LogP contribution in [0.1, 0.15) is 26.3 Å². The number of aryl methyl sites for hydroxylation is 1. The topological polar surface area (TPSA) is 65.4 Å². The highest BCUT2D eigenvalue weighted by Gasteiger charge is 2.33. The standard InChI is InChI=1S/C19H12BrNO4/c1-21-12-8-7-11(20)14-15(12)13(16(18(21)23)19(24)25-2)9-5-3-4-6-10(9)17(14)22/h3-8H,1-2H3. The van der Waals surface area contributed by atoms with Gasteiger partial charge in [-0.1, -0.05) is 40.2 Å². The molecule has 1 heterocycles. The highest BCUT2D eigenvalue weighted by atomic mass is 79.9. The van der Waals surface area contributed by atoms with E-state index in [1.807, 2.05) is 0 Å². The molecule has 3 aromatic rings. The second-order valence-electron chi connectivity index (χ2n) is 5.80. The minimum atomic E-state index is -0.715. The van der Waals surface area contributed by atoms with Crippen molar-refractivity contribution < 1.29 is 14.3 Å². The van der Waals surface area contributed by atoms with Gasteiger partial charge in [-0.15, -0.1) is 0 Å². The highest BCUT2D eigenvalue weighted by Crippen LogP contribution is 2.42. The molecule has 0 atom stereocenters. The first-order valence-corrected chi connectivity index (χ1v) is 8.34. The van der Waals surface area contributed by atoms with Gasteiger partial charge in [-0.3, -0.25) is 9.59 Å².